The molecule has 5 heteroatoms. The van der Waals surface area contributed by atoms with Crippen LogP contribution in [0.3, 0.4) is 0 Å². The topological polar surface area (TPSA) is 73.1 Å². The van der Waals surface area contributed by atoms with Gasteiger partial charge in [-0.25, -0.2) is 0 Å². The normalized spacial score (nSPS) is 10.8. The molecule has 96 valence electrons. The van der Waals surface area contributed by atoms with Crippen LogP contribution in [0.1, 0.15) is 5.69 Å². The summed E-state index contributed by atoms with van der Waals surface area (Å²) >= 11 is 0. The van der Waals surface area contributed by atoms with Crippen LogP contribution in [0.25, 0.3) is 10.8 Å². The average molecular weight is 246 g/mol. The molecule has 3 N–H and O–H groups in total. The number of aryl methyl sites for hydroxylation is 1. The van der Waals surface area contributed by atoms with Gasteiger partial charge in [0.15, 0.2) is 5.82 Å². The minimum Gasteiger partial charge on any atom is -0.378 e. The Morgan fingerprint density at radius 1 is 1.17 bits per heavy atom. The summed E-state index contributed by atoms with van der Waals surface area (Å²) in [7, 11) is 0. The van der Waals surface area contributed by atoms with E-state index in [1.54, 1.807) is 0 Å². The van der Waals surface area contributed by atoms with Crippen molar-refractivity contribution in [2.75, 3.05) is 31.6 Å². The lowest BCUT2D eigenvalue weighted by Gasteiger charge is -2.09. The lowest BCUT2D eigenvalue weighted by atomic mass is 10.1. The van der Waals surface area contributed by atoms with Crippen LogP contribution >= 0.6 is 0 Å². The lowest BCUT2D eigenvalue weighted by molar-refractivity contribution is 0.151. The molecule has 0 saturated carbocycles. The van der Waals surface area contributed by atoms with Crippen LogP contribution in [0.15, 0.2) is 24.3 Å². The number of nitrogens with one attached hydrogen (secondary N) is 1. The summed E-state index contributed by atoms with van der Waals surface area (Å²) in [4.78, 5) is 0. The fourth-order valence-electron chi connectivity index (χ4n) is 1.80. The van der Waals surface area contributed by atoms with Crippen molar-refractivity contribution < 1.29 is 4.74 Å². The van der Waals surface area contributed by atoms with E-state index < -0.39 is 0 Å². The predicted octanol–water partition coefficient (Wildman–Crippen LogP) is 1.33. The largest absolute Gasteiger partial charge is 0.378 e. The van der Waals surface area contributed by atoms with E-state index in [4.69, 9.17) is 10.5 Å². The minimum atomic E-state index is 0.549. The maximum absolute atomic E-state index is 5.35. The second-order valence-electron chi connectivity index (χ2n) is 4.01. The van der Waals surface area contributed by atoms with E-state index in [0.29, 0.717) is 26.3 Å². The summed E-state index contributed by atoms with van der Waals surface area (Å²) in [5.41, 5.74) is 6.29. The zero-order valence-electron chi connectivity index (χ0n) is 10.5. The quantitative estimate of drug-likeness (QED) is 0.752. The van der Waals surface area contributed by atoms with Crippen LogP contribution in [0, 0.1) is 6.92 Å². The molecule has 2 rings (SSSR count). The number of ether oxygens (including phenoxy) is 1. The first kappa shape index (κ1) is 12.7. The van der Waals surface area contributed by atoms with Gasteiger partial charge in [-0.3, -0.25) is 0 Å². The van der Waals surface area contributed by atoms with Gasteiger partial charge in [0.25, 0.3) is 0 Å². The van der Waals surface area contributed by atoms with Gasteiger partial charge in [0, 0.05) is 23.9 Å². The van der Waals surface area contributed by atoms with Gasteiger partial charge in [0.2, 0.25) is 0 Å². The van der Waals surface area contributed by atoms with Gasteiger partial charge < -0.3 is 15.8 Å². The molecule has 0 saturated heterocycles. The smallest absolute Gasteiger partial charge is 0.156 e. The number of nitrogens with zero attached hydrogens (tertiary/aromatic N) is 2. The number of anilines is 1. The molecule has 0 aliphatic rings. The maximum Gasteiger partial charge on any atom is 0.156 e. The van der Waals surface area contributed by atoms with E-state index in [1.807, 2.05) is 25.1 Å². The lowest BCUT2D eigenvalue weighted by Crippen LogP contribution is -2.15. The molecule has 0 amide bonds. The van der Waals surface area contributed by atoms with Gasteiger partial charge >= 0.3 is 0 Å². The van der Waals surface area contributed by atoms with Crippen molar-refractivity contribution in [3.63, 3.8) is 0 Å². The van der Waals surface area contributed by atoms with Gasteiger partial charge in [-0.05, 0) is 6.92 Å². The molecular weight excluding hydrogens is 228 g/mol. The summed E-state index contributed by atoms with van der Waals surface area (Å²) in [5, 5.41) is 13.8. The summed E-state index contributed by atoms with van der Waals surface area (Å²) in [6.45, 7) is 4.40. The molecular formula is C13H18N4O. The van der Waals surface area contributed by atoms with Crippen molar-refractivity contribution in [3.05, 3.63) is 30.0 Å². The zero-order valence-corrected chi connectivity index (χ0v) is 10.5. The Hall–Kier alpha value is -1.72. The molecule has 18 heavy (non-hydrogen) atoms. The van der Waals surface area contributed by atoms with Gasteiger partial charge in [-0.1, -0.05) is 24.3 Å². The molecule has 1 heterocycles. The van der Waals surface area contributed by atoms with Crippen LogP contribution in [0.2, 0.25) is 0 Å². The highest BCUT2D eigenvalue weighted by atomic mass is 16.5. The zero-order chi connectivity index (χ0) is 12.8. The third-order valence-electron chi connectivity index (χ3n) is 2.67. The molecule has 1 aromatic carbocycles. The first-order chi connectivity index (χ1) is 8.83. The first-order valence-electron chi connectivity index (χ1n) is 6.06. The van der Waals surface area contributed by atoms with Crippen molar-refractivity contribution in [3.8, 4) is 0 Å². The Bertz CT molecular complexity index is 515. The van der Waals surface area contributed by atoms with Gasteiger partial charge in [-0.2, -0.15) is 5.10 Å². The van der Waals surface area contributed by atoms with Crippen LogP contribution in [0.4, 0.5) is 5.82 Å². The molecule has 1 aromatic heterocycles. The molecule has 0 radical (unpaired) electrons. The highest BCUT2D eigenvalue weighted by Gasteiger charge is 2.04. The summed E-state index contributed by atoms with van der Waals surface area (Å²) in [5.74, 6) is 0.799. The third-order valence-corrected chi connectivity index (χ3v) is 2.67. The van der Waals surface area contributed by atoms with Gasteiger partial charge in [0.1, 0.15) is 0 Å². The number of nitrogens with two attached hydrogens (primary N) is 1. The molecule has 0 bridgehead atoms. The van der Waals surface area contributed by atoms with E-state index >= 15 is 0 Å². The van der Waals surface area contributed by atoms with Crippen molar-refractivity contribution in [1.29, 1.82) is 0 Å². The molecule has 5 nitrogen and oxygen atoms in total. The Morgan fingerprint density at radius 3 is 2.72 bits per heavy atom. The van der Waals surface area contributed by atoms with Crippen LogP contribution < -0.4 is 11.1 Å². The van der Waals surface area contributed by atoms with Crippen molar-refractivity contribution in [2.45, 2.75) is 6.92 Å². The molecule has 2 aromatic rings. The summed E-state index contributed by atoms with van der Waals surface area (Å²) in [6, 6.07) is 8.10. The molecule has 0 unspecified atom stereocenters. The predicted molar refractivity (Wildman–Crippen MR) is 72.6 cm³/mol. The van der Waals surface area contributed by atoms with E-state index in [9.17, 15) is 0 Å². The van der Waals surface area contributed by atoms with Crippen molar-refractivity contribution >= 4 is 16.6 Å². The number of hydrogen-bond donors (Lipinski definition) is 2. The molecule has 0 aliphatic carbocycles. The van der Waals surface area contributed by atoms with Crippen LogP contribution in [-0.2, 0) is 4.74 Å². The van der Waals surface area contributed by atoms with E-state index in [2.05, 4.69) is 21.6 Å². The van der Waals surface area contributed by atoms with Gasteiger partial charge in [-0.15, -0.1) is 5.10 Å². The number of fused-ring (bicyclic) bond motifs is 1. The number of aromatic nitrogens is 2. The number of hydrogen-bond acceptors (Lipinski definition) is 5. The number of benzene rings is 1. The maximum atomic E-state index is 5.35. The van der Waals surface area contributed by atoms with E-state index in [-0.39, 0.29) is 0 Å². The van der Waals surface area contributed by atoms with E-state index in [1.165, 1.54) is 0 Å². The Balaban J connectivity index is 2.07. The summed E-state index contributed by atoms with van der Waals surface area (Å²) in [6.07, 6.45) is 0. The average Bonchev–Trinajstić information content (AvgIpc) is 2.41. The molecule has 0 spiro atoms. The molecule has 0 atom stereocenters. The fraction of sp³-hybridized carbons (Fsp3) is 0.385. The Kier molecular flexibility index (Phi) is 4.44. The van der Waals surface area contributed by atoms with Crippen LogP contribution in [-0.4, -0.2) is 36.5 Å². The Labute approximate surface area is 106 Å². The molecule has 0 fully saturated rings. The SMILES string of the molecule is Cc1nnc(NCCOCCN)c2ccccc12. The monoisotopic (exact) mass is 246 g/mol. The Morgan fingerprint density at radius 2 is 1.94 bits per heavy atom. The standard InChI is InChI=1S/C13H18N4O/c1-10-11-4-2-3-5-12(11)13(17-16-10)15-7-9-18-8-6-14/h2-5H,6-9,14H2,1H3,(H,15,17). The molecule has 0 aliphatic heterocycles. The van der Waals surface area contributed by atoms with Crippen LogP contribution in [0.5, 0.6) is 0 Å². The van der Waals surface area contributed by atoms with Gasteiger partial charge in [0.05, 0.1) is 18.9 Å². The van der Waals surface area contributed by atoms with Crippen molar-refractivity contribution in [2.24, 2.45) is 5.73 Å². The number of rotatable bonds is 6. The van der Waals surface area contributed by atoms with E-state index in [0.717, 1.165) is 22.3 Å². The fourth-order valence-corrected chi connectivity index (χ4v) is 1.80. The van der Waals surface area contributed by atoms with Crippen molar-refractivity contribution in [1.82, 2.24) is 10.2 Å². The second kappa shape index (κ2) is 6.28. The second-order valence-corrected chi connectivity index (χ2v) is 4.01. The highest BCUT2D eigenvalue weighted by Crippen LogP contribution is 2.21. The summed E-state index contributed by atoms with van der Waals surface area (Å²) < 4.78 is 5.30. The highest BCUT2D eigenvalue weighted by molar-refractivity contribution is 5.92. The third kappa shape index (κ3) is 2.94. The first-order valence-corrected chi connectivity index (χ1v) is 6.06. The minimum absolute atomic E-state index is 0.549.